The third kappa shape index (κ3) is 2.19. The van der Waals surface area contributed by atoms with Crippen LogP contribution in [0.25, 0.3) is 0 Å². The van der Waals surface area contributed by atoms with Crippen molar-refractivity contribution >= 4 is 11.4 Å². The van der Waals surface area contributed by atoms with Gasteiger partial charge in [-0.25, -0.2) is 0 Å². The summed E-state index contributed by atoms with van der Waals surface area (Å²) in [5.41, 5.74) is 2.53. The van der Waals surface area contributed by atoms with Gasteiger partial charge in [-0.2, -0.15) is 0 Å². The van der Waals surface area contributed by atoms with Gasteiger partial charge in [-0.3, -0.25) is 4.90 Å². The molecular weight excluding hydrogens is 222 g/mol. The Balaban J connectivity index is 1.71. The van der Waals surface area contributed by atoms with Crippen LogP contribution in [-0.4, -0.2) is 44.2 Å². The molecule has 3 heteroatoms. The second kappa shape index (κ2) is 4.81. The quantitative estimate of drug-likeness (QED) is 0.882. The molecule has 0 amide bonds. The van der Waals surface area contributed by atoms with E-state index in [4.69, 9.17) is 0 Å². The van der Waals surface area contributed by atoms with E-state index >= 15 is 0 Å². The minimum absolute atomic E-state index is 0.643. The van der Waals surface area contributed by atoms with Crippen molar-refractivity contribution in [2.24, 2.45) is 0 Å². The fourth-order valence-corrected chi connectivity index (χ4v) is 3.34. The summed E-state index contributed by atoms with van der Waals surface area (Å²) in [4.78, 5) is 4.80. The molecule has 2 saturated heterocycles. The Hall–Kier alpha value is -1.22. The Labute approximate surface area is 110 Å². The summed E-state index contributed by atoms with van der Waals surface area (Å²) in [6, 6.07) is 10.1. The molecule has 2 aliphatic rings. The first-order valence-electron chi connectivity index (χ1n) is 7.02. The standard InChI is InChI=1S/C15H23N3/c1-17(2)13-6-3-5-12(11-13)16-14-8-10-18-9-4-7-15(14)18/h3,5-6,11,14-16H,4,7-10H2,1-2H3. The lowest BCUT2D eigenvalue weighted by Gasteiger charge is -2.23. The van der Waals surface area contributed by atoms with Gasteiger partial charge in [0, 0.05) is 44.1 Å². The molecule has 0 aliphatic carbocycles. The van der Waals surface area contributed by atoms with Crippen molar-refractivity contribution < 1.29 is 0 Å². The Morgan fingerprint density at radius 2 is 2.11 bits per heavy atom. The highest BCUT2D eigenvalue weighted by Gasteiger charge is 2.36. The highest BCUT2D eigenvalue weighted by Crippen LogP contribution is 2.30. The van der Waals surface area contributed by atoms with Gasteiger partial charge in [0.2, 0.25) is 0 Å². The van der Waals surface area contributed by atoms with Crippen molar-refractivity contribution in [2.45, 2.75) is 31.3 Å². The number of hydrogen-bond acceptors (Lipinski definition) is 3. The van der Waals surface area contributed by atoms with E-state index < -0.39 is 0 Å². The summed E-state index contributed by atoms with van der Waals surface area (Å²) in [5.74, 6) is 0. The average Bonchev–Trinajstić information content (AvgIpc) is 2.94. The summed E-state index contributed by atoms with van der Waals surface area (Å²) >= 11 is 0. The van der Waals surface area contributed by atoms with E-state index in [0.29, 0.717) is 6.04 Å². The van der Waals surface area contributed by atoms with Crippen molar-refractivity contribution in [3.8, 4) is 0 Å². The van der Waals surface area contributed by atoms with Crippen molar-refractivity contribution in [2.75, 3.05) is 37.4 Å². The fourth-order valence-electron chi connectivity index (χ4n) is 3.34. The molecule has 0 radical (unpaired) electrons. The van der Waals surface area contributed by atoms with Gasteiger partial charge >= 0.3 is 0 Å². The van der Waals surface area contributed by atoms with Crippen LogP contribution in [0.5, 0.6) is 0 Å². The summed E-state index contributed by atoms with van der Waals surface area (Å²) in [7, 11) is 4.18. The van der Waals surface area contributed by atoms with Crippen LogP contribution < -0.4 is 10.2 Å². The highest BCUT2D eigenvalue weighted by molar-refractivity contribution is 5.58. The molecule has 1 aromatic carbocycles. The maximum absolute atomic E-state index is 3.74. The van der Waals surface area contributed by atoms with E-state index in [2.05, 4.69) is 53.5 Å². The molecule has 2 aliphatic heterocycles. The fraction of sp³-hybridized carbons (Fsp3) is 0.600. The van der Waals surface area contributed by atoms with E-state index in [1.807, 2.05) is 0 Å². The molecule has 3 rings (SSSR count). The van der Waals surface area contributed by atoms with Crippen LogP contribution >= 0.6 is 0 Å². The van der Waals surface area contributed by atoms with Gasteiger partial charge in [0.25, 0.3) is 0 Å². The highest BCUT2D eigenvalue weighted by atomic mass is 15.2. The molecule has 0 aromatic heterocycles. The van der Waals surface area contributed by atoms with Crippen molar-refractivity contribution in [1.82, 2.24) is 4.90 Å². The Bertz CT molecular complexity index is 416. The Morgan fingerprint density at radius 3 is 2.94 bits per heavy atom. The van der Waals surface area contributed by atoms with E-state index in [-0.39, 0.29) is 0 Å². The summed E-state index contributed by atoms with van der Waals surface area (Å²) in [5, 5.41) is 3.74. The van der Waals surface area contributed by atoms with Crippen LogP contribution in [0.4, 0.5) is 11.4 Å². The number of nitrogens with one attached hydrogen (secondary N) is 1. The first kappa shape index (κ1) is 11.8. The molecule has 2 unspecified atom stereocenters. The predicted octanol–water partition coefficient (Wildman–Crippen LogP) is 2.40. The molecule has 3 nitrogen and oxygen atoms in total. The zero-order chi connectivity index (χ0) is 12.5. The minimum atomic E-state index is 0.643. The van der Waals surface area contributed by atoms with Gasteiger partial charge in [-0.15, -0.1) is 0 Å². The Kier molecular flexibility index (Phi) is 3.16. The van der Waals surface area contributed by atoms with Crippen LogP contribution in [0.3, 0.4) is 0 Å². The van der Waals surface area contributed by atoms with E-state index in [0.717, 1.165) is 6.04 Å². The normalized spacial score (nSPS) is 27.2. The molecule has 1 N–H and O–H groups in total. The smallest absolute Gasteiger partial charge is 0.0429 e. The molecule has 0 bridgehead atoms. The number of rotatable bonds is 3. The van der Waals surface area contributed by atoms with Crippen molar-refractivity contribution in [1.29, 1.82) is 0 Å². The van der Waals surface area contributed by atoms with Crippen LogP contribution in [-0.2, 0) is 0 Å². The number of nitrogens with zero attached hydrogens (tertiary/aromatic N) is 2. The van der Waals surface area contributed by atoms with Gasteiger partial charge < -0.3 is 10.2 Å². The zero-order valence-electron chi connectivity index (χ0n) is 11.4. The molecule has 2 fully saturated rings. The molecule has 0 saturated carbocycles. The van der Waals surface area contributed by atoms with Crippen LogP contribution in [0.1, 0.15) is 19.3 Å². The number of anilines is 2. The summed E-state index contributed by atoms with van der Waals surface area (Å²) in [6.45, 7) is 2.58. The maximum Gasteiger partial charge on any atom is 0.0429 e. The Morgan fingerprint density at radius 1 is 1.22 bits per heavy atom. The van der Waals surface area contributed by atoms with E-state index in [9.17, 15) is 0 Å². The molecule has 98 valence electrons. The first-order chi connectivity index (χ1) is 8.74. The topological polar surface area (TPSA) is 18.5 Å². The average molecular weight is 245 g/mol. The summed E-state index contributed by atoms with van der Waals surface area (Å²) < 4.78 is 0. The third-order valence-electron chi connectivity index (χ3n) is 4.32. The lowest BCUT2D eigenvalue weighted by Crippen LogP contribution is -2.33. The van der Waals surface area contributed by atoms with Crippen LogP contribution in [0, 0.1) is 0 Å². The molecule has 18 heavy (non-hydrogen) atoms. The molecule has 0 spiro atoms. The summed E-state index contributed by atoms with van der Waals surface area (Å²) in [6.07, 6.45) is 4.03. The molecule has 2 heterocycles. The SMILES string of the molecule is CN(C)c1cccc(NC2CCN3CCCC23)c1. The first-order valence-corrected chi connectivity index (χ1v) is 7.02. The van der Waals surface area contributed by atoms with Gasteiger partial charge in [0.1, 0.15) is 0 Å². The lowest BCUT2D eigenvalue weighted by molar-refractivity contribution is 0.318. The van der Waals surface area contributed by atoms with E-state index in [1.165, 1.54) is 43.7 Å². The van der Waals surface area contributed by atoms with Gasteiger partial charge in [0.15, 0.2) is 0 Å². The lowest BCUT2D eigenvalue weighted by atomic mass is 10.1. The predicted molar refractivity (Wildman–Crippen MR) is 77.4 cm³/mol. The molecular formula is C15H23N3. The van der Waals surface area contributed by atoms with Crippen molar-refractivity contribution in [3.05, 3.63) is 24.3 Å². The molecule has 1 aromatic rings. The van der Waals surface area contributed by atoms with E-state index in [1.54, 1.807) is 0 Å². The number of fused-ring (bicyclic) bond motifs is 1. The second-order valence-electron chi connectivity index (χ2n) is 5.73. The van der Waals surface area contributed by atoms with Gasteiger partial charge in [0.05, 0.1) is 0 Å². The van der Waals surface area contributed by atoms with Crippen LogP contribution in [0.2, 0.25) is 0 Å². The van der Waals surface area contributed by atoms with Gasteiger partial charge in [-0.1, -0.05) is 6.07 Å². The second-order valence-corrected chi connectivity index (χ2v) is 5.73. The largest absolute Gasteiger partial charge is 0.381 e. The third-order valence-corrected chi connectivity index (χ3v) is 4.32. The van der Waals surface area contributed by atoms with Crippen LogP contribution in [0.15, 0.2) is 24.3 Å². The van der Waals surface area contributed by atoms with Crippen molar-refractivity contribution in [3.63, 3.8) is 0 Å². The minimum Gasteiger partial charge on any atom is -0.381 e. The molecule has 2 atom stereocenters. The van der Waals surface area contributed by atoms with Gasteiger partial charge in [-0.05, 0) is 44.0 Å². The zero-order valence-corrected chi connectivity index (χ0v) is 11.4. The number of hydrogen-bond donors (Lipinski definition) is 1. The monoisotopic (exact) mass is 245 g/mol. The maximum atomic E-state index is 3.74. The number of benzene rings is 1.